The van der Waals surface area contributed by atoms with E-state index in [1.807, 2.05) is 6.92 Å². The molecule has 0 radical (unpaired) electrons. The highest BCUT2D eigenvalue weighted by Crippen LogP contribution is 2.58. The lowest BCUT2D eigenvalue weighted by atomic mass is 9.69. The minimum atomic E-state index is -4.05. The number of pyridine rings is 1. The number of benzene rings is 2. The Kier molecular flexibility index (Phi) is 7.26. The molecule has 2 aliphatic rings. The van der Waals surface area contributed by atoms with E-state index in [9.17, 15) is 32.2 Å². The number of hydrogen-bond donors (Lipinski definition) is 3. The summed E-state index contributed by atoms with van der Waals surface area (Å²) in [6, 6.07) is 9.95. The van der Waals surface area contributed by atoms with Gasteiger partial charge in [0.25, 0.3) is 5.91 Å². The fourth-order valence-electron chi connectivity index (χ4n) is 6.27. The van der Waals surface area contributed by atoms with Gasteiger partial charge in [0.1, 0.15) is 11.7 Å². The fourth-order valence-corrected chi connectivity index (χ4v) is 8.65. The molecule has 5 rings (SSSR count). The topological polar surface area (TPSA) is 117 Å². The summed E-state index contributed by atoms with van der Waals surface area (Å²) in [6.07, 6.45) is 2.64. The number of carbonyl (C=O) groups is 1. The number of aliphatic hydroxyl groups is 2. The van der Waals surface area contributed by atoms with E-state index in [2.05, 4.69) is 10.3 Å². The Morgan fingerprint density at radius 3 is 2.46 bits per heavy atom. The van der Waals surface area contributed by atoms with Crippen LogP contribution in [0, 0.1) is 29.4 Å². The molecule has 1 aromatic heterocycles. The summed E-state index contributed by atoms with van der Waals surface area (Å²) < 4.78 is 54.5. The lowest BCUT2D eigenvalue weighted by Gasteiger charge is -2.46. The van der Waals surface area contributed by atoms with Crippen LogP contribution in [0.25, 0.3) is 0 Å². The van der Waals surface area contributed by atoms with Gasteiger partial charge in [-0.3, -0.25) is 9.78 Å². The smallest absolute Gasteiger partial charge is 0.255 e. The van der Waals surface area contributed by atoms with Crippen LogP contribution in [0.3, 0.4) is 0 Å². The molecule has 11 heteroatoms. The summed E-state index contributed by atoms with van der Waals surface area (Å²) in [5, 5.41) is 24.4. The monoisotopic (exact) mass is 576 g/mol. The largest absolute Gasteiger partial charge is 0.386 e. The van der Waals surface area contributed by atoms with Gasteiger partial charge in [-0.25, -0.2) is 17.2 Å². The van der Waals surface area contributed by atoms with Crippen LogP contribution in [0.2, 0.25) is 5.02 Å². The van der Waals surface area contributed by atoms with Gasteiger partial charge in [-0.05, 0) is 85.0 Å². The van der Waals surface area contributed by atoms with Crippen molar-refractivity contribution in [2.75, 3.05) is 5.32 Å². The van der Waals surface area contributed by atoms with Crippen LogP contribution >= 0.6 is 11.6 Å². The van der Waals surface area contributed by atoms with Gasteiger partial charge in [0.15, 0.2) is 21.5 Å². The molecule has 206 valence electrons. The van der Waals surface area contributed by atoms with Crippen LogP contribution in [0.4, 0.5) is 14.5 Å². The van der Waals surface area contributed by atoms with Crippen molar-refractivity contribution in [3.8, 4) is 0 Å². The van der Waals surface area contributed by atoms with Crippen LogP contribution in [0.15, 0.2) is 65.8 Å². The number of aliphatic hydroxyl groups excluding tert-OH is 1. The molecule has 0 spiro atoms. The van der Waals surface area contributed by atoms with Crippen molar-refractivity contribution in [3.63, 3.8) is 0 Å². The standard InChI is InChI=1S/C28H27ClF2N2O5S/c1-15-10-18-12-20(14-21(15)28(18,36)26(34)16-6-8-32-9-7-16)39(37,38)25-11-17(2-4-22(25)29)27(35)33-19-3-5-23(30)24(31)13-19/h2-9,11,13,15,18,20-21,26,34,36H,10,12,14H2,1H3,(H,33,35)/t15-,18?,20?,21?,26?,28+/m0/s1. The number of rotatable bonds is 6. The van der Waals surface area contributed by atoms with Gasteiger partial charge >= 0.3 is 0 Å². The Morgan fingerprint density at radius 2 is 1.79 bits per heavy atom. The van der Waals surface area contributed by atoms with Gasteiger partial charge in [0, 0.05) is 29.7 Å². The summed E-state index contributed by atoms with van der Waals surface area (Å²) in [5.41, 5.74) is -1.01. The van der Waals surface area contributed by atoms with E-state index in [-0.39, 0.29) is 39.9 Å². The maximum atomic E-state index is 13.8. The average Bonchev–Trinajstić information content (AvgIpc) is 3.03. The predicted octanol–water partition coefficient (Wildman–Crippen LogP) is 4.94. The second kappa shape index (κ2) is 10.2. The molecule has 39 heavy (non-hydrogen) atoms. The van der Waals surface area contributed by atoms with E-state index in [4.69, 9.17) is 11.6 Å². The summed E-state index contributed by atoms with van der Waals surface area (Å²) in [4.78, 5) is 16.5. The molecule has 2 fully saturated rings. The van der Waals surface area contributed by atoms with Gasteiger partial charge in [-0.2, -0.15) is 0 Å². The third-order valence-corrected chi connectivity index (χ3v) is 10.9. The predicted molar refractivity (Wildman–Crippen MR) is 141 cm³/mol. The molecule has 6 atom stereocenters. The first-order valence-corrected chi connectivity index (χ1v) is 14.5. The molecule has 0 saturated heterocycles. The van der Waals surface area contributed by atoms with E-state index < -0.39 is 56.2 Å². The molecule has 2 aromatic carbocycles. The Bertz CT molecular complexity index is 1520. The summed E-state index contributed by atoms with van der Waals surface area (Å²) in [5.74, 6) is -3.92. The molecule has 1 heterocycles. The molecule has 4 unspecified atom stereocenters. The Labute approximate surface area is 229 Å². The minimum Gasteiger partial charge on any atom is -0.386 e. The average molecular weight is 577 g/mol. The normalized spacial score (nSPS) is 27.2. The van der Waals surface area contributed by atoms with E-state index in [0.717, 1.165) is 12.1 Å². The highest BCUT2D eigenvalue weighted by Gasteiger charge is 2.61. The van der Waals surface area contributed by atoms with Gasteiger partial charge in [-0.15, -0.1) is 0 Å². The Morgan fingerprint density at radius 1 is 1.08 bits per heavy atom. The zero-order chi connectivity index (χ0) is 28.1. The molecule has 2 saturated carbocycles. The molecular formula is C28H27ClF2N2O5S. The molecule has 1 amide bonds. The van der Waals surface area contributed by atoms with Crippen molar-refractivity contribution in [1.82, 2.24) is 4.98 Å². The van der Waals surface area contributed by atoms with Crippen LogP contribution in [-0.2, 0) is 9.84 Å². The van der Waals surface area contributed by atoms with Gasteiger partial charge < -0.3 is 15.5 Å². The SMILES string of the molecule is C[C@H]1CC2CC(S(=O)(=O)c3cc(C(=O)Nc4ccc(F)c(F)c4)ccc3Cl)CC1[C@@]2(O)C(O)c1ccncc1. The van der Waals surface area contributed by atoms with Crippen LogP contribution in [-0.4, -0.2) is 40.4 Å². The maximum Gasteiger partial charge on any atom is 0.255 e. The zero-order valence-corrected chi connectivity index (χ0v) is 22.5. The Hall–Kier alpha value is -2.92. The van der Waals surface area contributed by atoms with E-state index in [1.165, 1.54) is 36.7 Å². The summed E-state index contributed by atoms with van der Waals surface area (Å²) in [7, 11) is -4.05. The van der Waals surface area contributed by atoms with Crippen molar-refractivity contribution < 1.29 is 32.2 Å². The number of halogens is 3. The zero-order valence-electron chi connectivity index (χ0n) is 20.9. The molecule has 3 N–H and O–H groups in total. The van der Waals surface area contributed by atoms with E-state index in [1.54, 1.807) is 12.1 Å². The van der Waals surface area contributed by atoms with E-state index >= 15 is 0 Å². The maximum absolute atomic E-state index is 13.8. The highest BCUT2D eigenvalue weighted by atomic mass is 35.5. The van der Waals surface area contributed by atoms with Crippen molar-refractivity contribution in [2.24, 2.45) is 17.8 Å². The third kappa shape index (κ3) is 4.84. The number of sulfone groups is 1. The molecular weight excluding hydrogens is 550 g/mol. The number of amides is 1. The van der Waals surface area contributed by atoms with Crippen LogP contribution in [0.5, 0.6) is 0 Å². The summed E-state index contributed by atoms with van der Waals surface area (Å²) >= 11 is 6.31. The molecule has 2 bridgehead atoms. The molecule has 3 aromatic rings. The number of carbonyl (C=O) groups excluding carboxylic acids is 1. The third-order valence-electron chi connectivity index (χ3n) is 8.23. The fraction of sp³-hybridized carbons (Fsp3) is 0.357. The summed E-state index contributed by atoms with van der Waals surface area (Å²) in [6.45, 7) is 1.94. The first kappa shape index (κ1) is 27.6. The van der Waals surface area contributed by atoms with Gasteiger partial charge in [0.05, 0.1) is 15.2 Å². The van der Waals surface area contributed by atoms with Gasteiger partial charge in [0.2, 0.25) is 0 Å². The van der Waals surface area contributed by atoms with Crippen LogP contribution < -0.4 is 5.32 Å². The van der Waals surface area contributed by atoms with Crippen molar-refractivity contribution in [3.05, 3.63) is 88.7 Å². The van der Waals surface area contributed by atoms with Crippen molar-refractivity contribution in [2.45, 2.75) is 48.0 Å². The molecule has 0 aliphatic heterocycles. The number of hydrogen-bond acceptors (Lipinski definition) is 6. The number of fused-ring (bicyclic) bond motifs is 2. The Balaban J connectivity index is 1.41. The van der Waals surface area contributed by atoms with Crippen molar-refractivity contribution in [1.29, 1.82) is 0 Å². The van der Waals surface area contributed by atoms with Gasteiger partial charge in [-0.1, -0.05) is 18.5 Å². The second-order valence-corrected chi connectivity index (χ2v) is 13.1. The quantitative estimate of drug-likeness (QED) is 0.383. The van der Waals surface area contributed by atoms with E-state index in [0.29, 0.717) is 12.0 Å². The number of nitrogens with zero attached hydrogens (tertiary/aromatic N) is 1. The lowest BCUT2D eigenvalue weighted by molar-refractivity contribution is -0.148. The molecule has 7 nitrogen and oxygen atoms in total. The highest BCUT2D eigenvalue weighted by molar-refractivity contribution is 7.92. The molecule has 2 aliphatic carbocycles. The number of aromatic nitrogens is 1. The lowest BCUT2D eigenvalue weighted by Crippen LogP contribution is -2.52. The number of nitrogens with one attached hydrogen (secondary N) is 1. The van der Waals surface area contributed by atoms with Crippen molar-refractivity contribution >= 4 is 33.0 Å². The first-order valence-electron chi connectivity index (χ1n) is 12.5. The number of anilines is 1. The minimum absolute atomic E-state index is 0.00291. The van der Waals surface area contributed by atoms with Crippen LogP contribution in [0.1, 0.15) is 48.2 Å². The first-order chi connectivity index (χ1) is 18.4. The second-order valence-electron chi connectivity index (χ2n) is 10.5.